The van der Waals surface area contributed by atoms with Crippen LogP contribution in [0.1, 0.15) is 166 Å². The highest BCUT2D eigenvalue weighted by molar-refractivity contribution is 5.97. The molecular weight excluding hydrogens is 873 g/mol. The molecule has 8 heteroatoms. The standard InChI is InChI=1S/C62H72O8/c1-4-6-8-10-12-14-16-18-20-23-47-26-28-48(29-27-47)50-32-39-57(40-33-50)69-61(64)54-36-43-58(59(46-54)66-3)70-62(65)53-25-22-24-52(45-53)60(63)68-56-41-34-51(35-42-56)49-30-37-55(38-31-49)67-44-21-19-17-15-13-11-9-7-5-2/h22,24-43,45-46H,4-21,23,44H2,1-3H3. The minimum absolute atomic E-state index is 0.0944. The maximum Gasteiger partial charge on any atom is 0.343 e. The molecule has 0 aliphatic heterocycles. The van der Waals surface area contributed by atoms with Crippen LogP contribution in [-0.2, 0) is 6.42 Å². The van der Waals surface area contributed by atoms with Crippen LogP contribution in [0.15, 0.2) is 140 Å². The van der Waals surface area contributed by atoms with E-state index in [0.29, 0.717) is 18.1 Å². The molecule has 6 aromatic carbocycles. The molecule has 0 unspecified atom stereocenters. The zero-order chi connectivity index (χ0) is 49.2. The number of rotatable bonds is 30. The van der Waals surface area contributed by atoms with Crippen molar-refractivity contribution >= 4 is 17.9 Å². The van der Waals surface area contributed by atoms with Crippen molar-refractivity contribution in [2.24, 2.45) is 0 Å². The van der Waals surface area contributed by atoms with Crippen molar-refractivity contribution in [2.45, 2.75) is 136 Å². The van der Waals surface area contributed by atoms with Crippen LogP contribution in [0.4, 0.5) is 0 Å². The van der Waals surface area contributed by atoms with Gasteiger partial charge in [0.2, 0.25) is 0 Å². The van der Waals surface area contributed by atoms with Gasteiger partial charge in [-0.15, -0.1) is 0 Å². The minimum atomic E-state index is -0.721. The fourth-order valence-electron chi connectivity index (χ4n) is 8.42. The Morgan fingerprint density at radius 3 is 1.24 bits per heavy atom. The number of hydrogen-bond acceptors (Lipinski definition) is 8. The lowest BCUT2D eigenvalue weighted by Crippen LogP contribution is -2.13. The molecule has 8 nitrogen and oxygen atoms in total. The number of hydrogen-bond donors (Lipinski definition) is 0. The average Bonchev–Trinajstić information content (AvgIpc) is 3.39. The largest absolute Gasteiger partial charge is 0.494 e. The smallest absolute Gasteiger partial charge is 0.343 e. The second-order valence-electron chi connectivity index (χ2n) is 18.1. The number of methoxy groups -OCH3 is 1. The highest BCUT2D eigenvalue weighted by atomic mass is 16.6. The topological polar surface area (TPSA) is 97.4 Å². The van der Waals surface area contributed by atoms with Crippen LogP contribution in [0.5, 0.6) is 28.7 Å². The second-order valence-corrected chi connectivity index (χ2v) is 18.1. The van der Waals surface area contributed by atoms with E-state index in [1.165, 1.54) is 146 Å². The quantitative estimate of drug-likeness (QED) is 0.0250. The lowest BCUT2D eigenvalue weighted by Gasteiger charge is -2.12. The van der Waals surface area contributed by atoms with Crippen molar-refractivity contribution in [3.05, 3.63) is 162 Å². The van der Waals surface area contributed by atoms with Gasteiger partial charge in [-0.25, -0.2) is 14.4 Å². The predicted molar refractivity (Wildman–Crippen MR) is 282 cm³/mol. The number of unbranched alkanes of at least 4 members (excludes halogenated alkanes) is 16. The number of carbonyl (C=O) groups excluding carboxylic acids is 3. The second kappa shape index (κ2) is 29.4. The summed E-state index contributed by atoms with van der Waals surface area (Å²) in [4.78, 5) is 39.7. The zero-order valence-electron chi connectivity index (χ0n) is 41.7. The SMILES string of the molecule is CCCCCCCCCCCOc1ccc(-c2ccc(OC(=O)c3cccc(C(=O)Oc4ccc(C(=O)Oc5ccc(-c6ccc(CCCCCCCCCCC)cc6)cc5)cc4OC)c3)cc2)cc1. The number of esters is 3. The molecule has 0 bridgehead atoms. The highest BCUT2D eigenvalue weighted by Gasteiger charge is 2.19. The molecule has 6 rings (SSSR count). The third-order valence-electron chi connectivity index (χ3n) is 12.6. The summed E-state index contributed by atoms with van der Waals surface area (Å²) in [5, 5.41) is 0. The third-order valence-corrected chi connectivity index (χ3v) is 12.6. The summed E-state index contributed by atoms with van der Waals surface area (Å²) in [6, 6.07) is 41.9. The summed E-state index contributed by atoms with van der Waals surface area (Å²) in [5.41, 5.74) is 5.97. The fraction of sp³-hybridized carbons (Fsp3) is 0.371. The van der Waals surface area contributed by atoms with Gasteiger partial charge in [0.25, 0.3) is 0 Å². The molecule has 0 saturated heterocycles. The van der Waals surface area contributed by atoms with Gasteiger partial charge in [-0.2, -0.15) is 0 Å². The van der Waals surface area contributed by atoms with Gasteiger partial charge in [-0.3, -0.25) is 0 Å². The van der Waals surface area contributed by atoms with Crippen molar-refractivity contribution in [2.75, 3.05) is 13.7 Å². The average molecular weight is 945 g/mol. The highest BCUT2D eigenvalue weighted by Crippen LogP contribution is 2.31. The van der Waals surface area contributed by atoms with Gasteiger partial charge in [0, 0.05) is 0 Å². The van der Waals surface area contributed by atoms with Crippen LogP contribution >= 0.6 is 0 Å². The molecule has 0 N–H and O–H groups in total. The Morgan fingerprint density at radius 1 is 0.371 bits per heavy atom. The van der Waals surface area contributed by atoms with E-state index in [-0.39, 0.29) is 28.2 Å². The molecule has 0 fully saturated rings. The molecule has 0 radical (unpaired) electrons. The van der Waals surface area contributed by atoms with E-state index in [2.05, 4.69) is 38.1 Å². The first-order valence-electron chi connectivity index (χ1n) is 25.8. The maximum atomic E-state index is 13.3. The lowest BCUT2D eigenvalue weighted by molar-refractivity contribution is 0.0724. The Hall–Kier alpha value is -6.67. The van der Waals surface area contributed by atoms with Crippen LogP contribution in [0.25, 0.3) is 22.3 Å². The van der Waals surface area contributed by atoms with Crippen molar-refractivity contribution < 1.29 is 38.1 Å². The molecule has 0 saturated carbocycles. The van der Waals surface area contributed by atoms with Gasteiger partial charge in [-0.05, 0) is 120 Å². The Balaban J connectivity index is 0.931. The summed E-state index contributed by atoms with van der Waals surface area (Å²) in [6.45, 7) is 5.23. The van der Waals surface area contributed by atoms with Gasteiger partial charge >= 0.3 is 17.9 Å². The molecule has 0 aliphatic rings. The third kappa shape index (κ3) is 17.4. The van der Waals surface area contributed by atoms with Gasteiger partial charge in [0.1, 0.15) is 17.2 Å². The van der Waals surface area contributed by atoms with E-state index < -0.39 is 17.9 Å². The van der Waals surface area contributed by atoms with Crippen LogP contribution < -0.4 is 23.7 Å². The number of ether oxygens (including phenoxy) is 5. The Bertz CT molecular complexity index is 2490. The van der Waals surface area contributed by atoms with E-state index in [0.717, 1.165) is 40.8 Å². The number of benzene rings is 6. The summed E-state index contributed by atoms with van der Waals surface area (Å²) in [7, 11) is 1.42. The molecule has 6 aromatic rings. The molecule has 0 aromatic heterocycles. The Morgan fingerprint density at radius 2 is 0.771 bits per heavy atom. The van der Waals surface area contributed by atoms with E-state index in [9.17, 15) is 14.4 Å². The summed E-state index contributed by atoms with van der Waals surface area (Å²) >= 11 is 0. The van der Waals surface area contributed by atoms with Crippen molar-refractivity contribution in [3.63, 3.8) is 0 Å². The molecule has 0 spiro atoms. The molecule has 368 valence electrons. The molecule has 0 atom stereocenters. The van der Waals surface area contributed by atoms with Crippen molar-refractivity contribution in [3.8, 4) is 51.0 Å². The number of carbonyl (C=O) groups is 3. The van der Waals surface area contributed by atoms with Crippen LogP contribution in [0, 0.1) is 0 Å². The first kappa shape index (κ1) is 52.7. The summed E-state index contributed by atoms with van der Waals surface area (Å²) in [5.74, 6) is -0.0770. The van der Waals surface area contributed by atoms with Crippen LogP contribution in [-0.4, -0.2) is 31.6 Å². The predicted octanol–water partition coefficient (Wildman–Crippen LogP) is 16.7. The fourth-order valence-corrected chi connectivity index (χ4v) is 8.42. The van der Waals surface area contributed by atoms with E-state index in [1.54, 1.807) is 42.5 Å². The summed E-state index contributed by atoms with van der Waals surface area (Å²) in [6.07, 6.45) is 24.5. The number of aryl methyl sites for hydroxylation is 1. The van der Waals surface area contributed by atoms with Gasteiger partial charge in [-0.1, -0.05) is 183 Å². The van der Waals surface area contributed by atoms with Gasteiger partial charge in [0.15, 0.2) is 11.5 Å². The van der Waals surface area contributed by atoms with E-state index >= 15 is 0 Å². The van der Waals surface area contributed by atoms with Crippen molar-refractivity contribution in [1.29, 1.82) is 0 Å². The van der Waals surface area contributed by atoms with Gasteiger partial charge in [0.05, 0.1) is 30.4 Å². The minimum Gasteiger partial charge on any atom is -0.494 e. The molecule has 0 aliphatic carbocycles. The van der Waals surface area contributed by atoms with Gasteiger partial charge < -0.3 is 23.7 Å². The molecular formula is C62H72O8. The van der Waals surface area contributed by atoms with Crippen LogP contribution in [0.2, 0.25) is 0 Å². The maximum absolute atomic E-state index is 13.3. The first-order valence-corrected chi connectivity index (χ1v) is 25.8. The monoisotopic (exact) mass is 945 g/mol. The van der Waals surface area contributed by atoms with Crippen LogP contribution in [0.3, 0.4) is 0 Å². The lowest BCUT2D eigenvalue weighted by atomic mass is 10.0. The molecule has 0 amide bonds. The van der Waals surface area contributed by atoms with E-state index in [4.69, 9.17) is 23.7 Å². The van der Waals surface area contributed by atoms with E-state index in [1.807, 2.05) is 48.5 Å². The Labute approximate surface area is 416 Å². The normalized spacial score (nSPS) is 11.0. The molecule has 70 heavy (non-hydrogen) atoms. The Kier molecular flexibility index (Phi) is 22.1. The van der Waals surface area contributed by atoms with Crippen molar-refractivity contribution in [1.82, 2.24) is 0 Å². The zero-order valence-corrected chi connectivity index (χ0v) is 41.7. The molecule has 0 heterocycles. The first-order chi connectivity index (χ1) is 34.3. The summed E-state index contributed by atoms with van der Waals surface area (Å²) < 4.78 is 28.5.